The molecule has 2 heterocycles. The molecule has 9 aromatic carbocycles. The summed E-state index contributed by atoms with van der Waals surface area (Å²) in [5.74, 6) is 0. The average Bonchev–Trinajstić information content (AvgIpc) is 3.74. The van der Waals surface area contributed by atoms with E-state index in [2.05, 4.69) is 170 Å². The van der Waals surface area contributed by atoms with Crippen molar-refractivity contribution in [3.8, 4) is 33.4 Å². The van der Waals surface area contributed by atoms with E-state index >= 15 is 0 Å². The lowest BCUT2D eigenvalue weighted by molar-refractivity contribution is 1.66. The second kappa shape index (κ2) is 10.9. The Morgan fingerprint density at radius 1 is 0.300 bits per heavy atom. The van der Waals surface area contributed by atoms with E-state index in [9.17, 15) is 0 Å². The molecule has 11 aromatic rings. The van der Waals surface area contributed by atoms with Gasteiger partial charge in [0.1, 0.15) is 0 Å². The third-order valence-corrected chi connectivity index (χ3v) is 12.8. The Bertz CT molecular complexity index is 3090. The van der Waals surface area contributed by atoms with E-state index in [0.29, 0.717) is 0 Å². The molecule has 0 fully saturated rings. The Kier molecular flexibility index (Phi) is 6.09. The van der Waals surface area contributed by atoms with E-state index in [0.717, 1.165) is 0 Å². The van der Waals surface area contributed by atoms with Crippen molar-refractivity contribution < 1.29 is 0 Å². The van der Waals surface area contributed by atoms with Crippen molar-refractivity contribution in [3.05, 3.63) is 170 Å². The molecule has 0 saturated heterocycles. The Morgan fingerprint density at radius 3 is 1.54 bits per heavy atom. The maximum atomic E-state index is 2.46. The second-order valence-electron chi connectivity index (χ2n) is 13.1. The standard InChI is InChI=1S/C48H28S2/c1-2-17-32-29(13-1)14-12-24-34(32)46-37-21-5-3-19-35(37)44(36-20-4-6-22-38(36)46)30-15-11-16-31(27-30)45-47-39-23-8-10-26-42(39)49-43(47)28-40-33-18-7-9-25-41(33)50-48(40)45/h1-28H. The van der Waals surface area contributed by atoms with Crippen molar-refractivity contribution in [1.82, 2.24) is 0 Å². The molecule has 0 N–H and O–H groups in total. The van der Waals surface area contributed by atoms with Gasteiger partial charge in [-0.25, -0.2) is 0 Å². The third kappa shape index (κ3) is 4.04. The highest BCUT2D eigenvalue weighted by Gasteiger charge is 2.21. The Labute approximate surface area is 297 Å². The van der Waals surface area contributed by atoms with Gasteiger partial charge in [0.15, 0.2) is 0 Å². The smallest absolute Gasteiger partial charge is 0.0441 e. The summed E-state index contributed by atoms with van der Waals surface area (Å²) in [6.45, 7) is 0. The Balaban J connectivity index is 1.24. The first kappa shape index (κ1) is 28.1. The molecular formula is C48H28S2. The van der Waals surface area contributed by atoms with E-state index in [1.54, 1.807) is 0 Å². The average molecular weight is 669 g/mol. The van der Waals surface area contributed by atoms with Crippen LogP contribution in [-0.2, 0) is 0 Å². The minimum Gasteiger partial charge on any atom is -0.135 e. The monoisotopic (exact) mass is 668 g/mol. The predicted octanol–water partition coefficient (Wildman–Crippen LogP) is 14.9. The molecule has 11 rings (SSSR count). The fourth-order valence-corrected chi connectivity index (χ4v) is 10.8. The molecule has 0 atom stereocenters. The van der Waals surface area contributed by atoms with Crippen LogP contribution in [0.5, 0.6) is 0 Å². The van der Waals surface area contributed by atoms with Crippen LogP contribution in [0.15, 0.2) is 170 Å². The normalized spacial score (nSPS) is 12.0. The maximum Gasteiger partial charge on any atom is 0.0441 e. The molecule has 0 unspecified atom stereocenters. The molecule has 0 amide bonds. The van der Waals surface area contributed by atoms with Gasteiger partial charge >= 0.3 is 0 Å². The van der Waals surface area contributed by atoms with E-state index in [4.69, 9.17) is 0 Å². The molecule has 2 heteroatoms. The number of rotatable bonds is 3. The van der Waals surface area contributed by atoms with Crippen LogP contribution in [-0.4, -0.2) is 0 Å². The molecule has 0 saturated carbocycles. The highest BCUT2D eigenvalue weighted by Crippen LogP contribution is 2.50. The summed E-state index contributed by atoms with van der Waals surface area (Å²) in [6.07, 6.45) is 0. The predicted molar refractivity (Wildman–Crippen MR) is 221 cm³/mol. The van der Waals surface area contributed by atoms with Crippen LogP contribution in [0.2, 0.25) is 0 Å². The van der Waals surface area contributed by atoms with Gasteiger partial charge in [-0.15, -0.1) is 22.7 Å². The maximum absolute atomic E-state index is 2.46. The zero-order valence-corrected chi connectivity index (χ0v) is 28.6. The molecule has 0 bridgehead atoms. The molecule has 0 nitrogen and oxygen atoms in total. The van der Waals surface area contributed by atoms with Crippen molar-refractivity contribution in [1.29, 1.82) is 0 Å². The summed E-state index contributed by atoms with van der Waals surface area (Å²) in [5.41, 5.74) is 7.72. The fourth-order valence-electron chi connectivity index (χ4n) is 8.34. The molecule has 0 aliphatic carbocycles. The van der Waals surface area contributed by atoms with Gasteiger partial charge in [-0.3, -0.25) is 0 Å². The van der Waals surface area contributed by atoms with Crippen molar-refractivity contribution in [3.63, 3.8) is 0 Å². The van der Waals surface area contributed by atoms with Gasteiger partial charge in [0.05, 0.1) is 0 Å². The lowest BCUT2D eigenvalue weighted by Crippen LogP contribution is -1.92. The van der Waals surface area contributed by atoms with Crippen LogP contribution < -0.4 is 0 Å². The molecule has 2 aromatic heterocycles. The lowest BCUT2D eigenvalue weighted by Gasteiger charge is -2.19. The summed E-state index contributed by atoms with van der Waals surface area (Å²) in [6, 6.07) is 63.0. The summed E-state index contributed by atoms with van der Waals surface area (Å²) in [5, 5.41) is 13.0. The summed E-state index contributed by atoms with van der Waals surface area (Å²) in [4.78, 5) is 0. The fraction of sp³-hybridized carbons (Fsp3) is 0. The highest BCUT2D eigenvalue weighted by atomic mass is 32.1. The summed E-state index contributed by atoms with van der Waals surface area (Å²) in [7, 11) is 0. The Hall–Kier alpha value is -5.80. The summed E-state index contributed by atoms with van der Waals surface area (Å²) >= 11 is 3.83. The number of thiophene rings is 2. The minimum atomic E-state index is 1.24. The lowest BCUT2D eigenvalue weighted by atomic mass is 9.84. The van der Waals surface area contributed by atoms with E-state index in [1.165, 1.54) is 106 Å². The minimum absolute atomic E-state index is 1.24. The van der Waals surface area contributed by atoms with Gasteiger partial charge in [-0.1, -0.05) is 146 Å². The first-order chi connectivity index (χ1) is 24.8. The van der Waals surface area contributed by atoms with Crippen LogP contribution in [0.4, 0.5) is 0 Å². The van der Waals surface area contributed by atoms with Gasteiger partial charge in [0, 0.05) is 45.9 Å². The summed E-state index contributed by atoms with van der Waals surface area (Å²) < 4.78 is 5.38. The topological polar surface area (TPSA) is 0 Å². The van der Waals surface area contributed by atoms with Crippen molar-refractivity contribution >= 4 is 95.3 Å². The van der Waals surface area contributed by atoms with Gasteiger partial charge in [-0.2, -0.15) is 0 Å². The quantitative estimate of drug-likeness (QED) is 0.164. The molecule has 0 aliphatic heterocycles. The second-order valence-corrected chi connectivity index (χ2v) is 15.3. The van der Waals surface area contributed by atoms with Crippen LogP contribution in [0.25, 0.3) is 106 Å². The number of hydrogen-bond donors (Lipinski definition) is 0. The van der Waals surface area contributed by atoms with Crippen molar-refractivity contribution in [2.75, 3.05) is 0 Å². The van der Waals surface area contributed by atoms with E-state index in [-0.39, 0.29) is 0 Å². The number of benzene rings is 9. The third-order valence-electron chi connectivity index (χ3n) is 10.4. The first-order valence-corrected chi connectivity index (χ1v) is 18.7. The zero-order valence-electron chi connectivity index (χ0n) is 27.0. The van der Waals surface area contributed by atoms with Crippen LogP contribution in [0.3, 0.4) is 0 Å². The van der Waals surface area contributed by atoms with Crippen molar-refractivity contribution in [2.45, 2.75) is 0 Å². The van der Waals surface area contributed by atoms with Crippen LogP contribution >= 0.6 is 22.7 Å². The first-order valence-electron chi connectivity index (χ1n) is 17.1. The van der Waals surface area contributed by atoms with Gasteiger partial charge in [0.25, 0.3) is 0 Å². The van der Waals surface area contributed by atoms with E-state index < -0.39 is 0 Å². The molecular weight excluding hydrogens is 641 g/mol. The van der Waals surface area contributed by atoms with E-state index in [1.807, 2.05) is 22.7 Å². The molecule has 0 spiro atoms. The molecule has 0 radical (unpaired) electrons. The number of hydrogen-bond acceptors (Lipinski definition) is 2. The van der Waals surface area contributed by atoms with Gasteiger partial charge < -0.3 is 0 Å². The Morgan fingerprint density at radius 2 is 0.820 bits per heavy atom. The molecule has 0 aliphatic rings. The van der Waals surface area contributed by atoms with Crippen molar-refractivity contribution in [2.24, 2.45) is 0 Å². The molecule has 50 heavy (non-hydrogen) atoms. The van der Waals surface area contributed by atoms with Gasteiger partial charge in [-0.05, 0) is 84.4 Å². The SMILES string of the molecule is c1cc(-c2c3ccccc3c(-c3cccc4ccccc34)c3ccccc23)cc(-c2c3sc4ccccc4c3cc3sc4ccccc4c23)c1. The van der Waals surface area contributed by atoms with Gasteiger partial charge in [0.2, 0.25) is 0 Å². The van der Waals surface area contributed by atoms with Crippen LogP contribution in [0.1, 0.15) is 0 Å². The largest absolute Gasteiger partial charge is 0.135 e. The zero-order chi connectivity index (χ0) is 32.8. The number of fused-ring (bicyclic) bond motifs is 9. The molecule has 232 valence electrons. The highest BCUT2D eigenvalue weighted by molar-refractivity contribution is 7.28. The van der Waals surface area contributed by atoms with Crippen LogP contribution in [0, 0.1) is 0 Å².